The SMILES string of the molecule is Cn1cc(-c2ccnc(-n3ccn4c5c(cc4c3=O)CC(C)(C)C5)c2CO)cc(Nc2cc3n(n2)CCNC3)c1=O. The summed E-state index contributed by atoms with van der Waals surface area (Å²) >= 11 is 0. The van der Waals surface area contributed by atoms with E-state index in [1.807, 2.05) is 27.4 Å². The van der Waals surface area contributed by atoms with Gasteiger partial charge in [0.05, 0.1) is 18.8 Å². The summed E-state index contributed by atoms with van der Waals surface area (Å²) in [5, 5.41) is 21.6. The van der Waals surface area contributed by atoms with Gasteiger partial charge in [0, 0.05) is 67.8 Å². The van der Waals surface area contributed by atoms with Crippen LogP contribution in [0.25, 0.3) is 22.5 Å². The fourth-order valence-corrected chi connectivity index (χ4v) is 6.28. The minimum atomic E-state index is -0.339. The minimum Gasteiger partial charge on any atom is -0.392 e. The van der Waals surface area contributed by atoms with E-state index in [4.69, 9.17) is 0 Å². The Labute approximate surface area is 235 Å². The Morgan fingerprint density at radius 1 is 1.12 bits per heavy atom. The summed E-state index contributed by atoms with van der Waals surface area (Å²) in [5.41, 5.74) is 6.03. The minimum absolute atomic E-state index is 0.179. The van der Waals surface area contributed by atoms with Gasteiger partial charge < -0.3 is 24.7 Å². The number of anilines is 2. The number of hydrogen-bond acceptors (Lipinski definition) is 7. The fourth-order valence-electron chi connectivity index (χ4n) is 6.28. The second-order valence-corrected chi connectivity index (χ2v) is 11.8. The first-order valence-corrected chi connectivity index (χ1v) is 13.8. The van der Waals surface area contributed by atoms with Crippen LogP contribution in [0.5, 0.6) is 0 Å². The Kier molecular flexibility index (Phi) is 5.77. The predicted octanol–water partition coefficient (Wildman–Crippen LogP) is 2.51. The Hall–Kier alpha value is -4.48. The van der Waals surface area contributed by atoms with Crippen LogP contribution in [0.2, 0.25) is 0 Å². The van der Waals surface area contributed by atoms with E-state index in [-0.39, 0.29) is 23.1 Å². The summed E-state index contributed by atoms with van der Waals surface area (Å²) in [4.78, 5) is 31.3. The smallest absolute Gasteiger partial charge is 0.280 e. The summed E-state index contributed by atoms with van der Waals surface area (Å²) < 4.78 is 6.91. The molecule has 7 rings (SSSR count). The van der Waals surface area contributed by atoms with Crippen molar-refractivity contribution in [1.82, 2.24) is 33.6 Å². The number of nitrogens with zero attached hydrogens (tertiary/aromatic N) is 6. The lowest BCUT2D eigenvalue weighted by molar-refractivity contribution is 0.281. The summed E-state index contributed by atoms with van der Waals surface area (Å²) in [6.07, 6.45) is 8.81. The molecule has 2 aliphatic rings. The molecule has 0 saturated carbocycles. The van der Waals surface area contributed by atoms with Crippen molar-refractivity contribution in [2.75, 3.05) is 11.9 Å². The van der Waals surface area contributed by atoms with Gasteiger partial charge in [-0.25, -0.2) is 4.98 Å². The molecule has 0 spiro atoms. The average molecular weight is 553 g/mol. The lowest BCUT2D eigenvalue weighted by Gasteiger charge is -2.17. The molecule has 5 aromatic heterocycles. The molecular weight excluding hydrogens is 520 g/mol. The number of aliphatic hydroxyl groups excluding tert-OH is 1. The van der Waals surface area contributed by atoms with Crippen molar-refractivity contribution in [1.29, 1.82) is 0 Å². The van der Waals surface area contributed by atoms with Crippen molar-refractivity contribution in [2.24, 2.45) is 12.5 Å². The molecule has 41 heavy (non-hydrogen) atoms. The van der Waals surface area contributed by atoms with Gasteiger partial charge in [-0.3, -0.25) is 18.8 Å². The maximum Gasteiger partial charge on any atom is 0.280 e. The van der Waals surface area contributed by atoms with Gasteiger partial charge in [-0.1, -0.05) is 13.8 Å². The second kappa shape index (κ2) is 9.28. The molecule has 1 aliphatic heterocycles. The molecule has 5 aromatic rings. The number of pyridine rings is 2. The van der Waals surface area contributed by atoms with Gasteiger partial charge in [-0.2, -0.15) is 5.10 Å². The molecule has 0 bridgehead atoms. The molecular formula is C30H32N8O3. The predicted molar refractivity (Wildman–Crippen MR) is 156 cm³/mol. The molecule has 6 heterocycles. The van der Waals surface area contributed by atoms with Crippen LogP contribution >= 0.6 is 0 Å². The molecule has 11 nitrogen and oxygen atoms in total. The Morgan fingerprint density at radius 3 is 2.78 bits per heavy atom. The van der Waals surface area contributed by atoms with Crippen molar-refractivity contribution in [3.05, 3.63) is 92.3 Å². The highest BCUT2D eigenvalue weighted by Crippen LogP contribution is 2.37. The summed E-state index contributed by atoms with van der Waals surface area (Å²) in [6, 6.07) is 7.46. The zero-order chi connectivity index (χ0) is 28.5. The summed E-state index contributed by atoms with van der Waals surface area (Å²) in [7, 11) is 1.69. The normalized spacial score (nSPS) is 15.7. The van der Waals surface area contributed by atoms with E-state index in [1.165, 1.54) is 20.4 Å². The first kappa shape index (κ1) is 25.5. The van der Waals surface area contributed by atoms with Crippen LogP contribution in [0, 0.1) is 5.41 Å². The third-order valence-corrected chi connectivity index (χ3v) is 8.20. The number of fused-ring (bicyclic) bond motifs is 4. The zero-order valence-corrected chi connectivity index (χ0v) is 23.3. The lowest BCUT2D eigenvalue weighted by atomic mass is 9.90. The average Bonchev–Trinajstić information content (AvgIpc) is 3.60. The Bertz CT molecular complexity index is 1940. The van der Waals surface area contributed by atoms with Crippen molar-refractivity contribution in [2.45, 2.75) is 46.4 Å². The molecule has 11 heteroatoms. The molecule has 0 unspecified atom stereocenters. The molecule has 0 amide bonds. The Balaban J connectivity index is 1.30. The van der Waals surface area contributed by atoms with Gasteiger partial charge in [0.2, 0.25) is 0 Å². The van der Waals surface area contributed by atoms with E-state index >= 15 is 0 Å². The molecule has 0 radical (unpaired) electrons. The van der Waals surface area contributed by atoms with E-state index in [0.717, 1.165) is 38.2 Å². The fraction of sp³-hybridized carbons (Fsp3) is 0.333. The van der Waals surface area contributed by atoms with Crippen LogP contribution in [-0.2, 0) is 39.6 Å². The largest absolute Gasteiger partial charge is 0.392 e. The van der Waals surface area contributed by atoms with Crippen molar-refractivity contribution in [3.63, 3.8) is 0 Å². The van der Waals surface area contributed by atoms with Crippen molar-refractivity contribution in [3.8, 4) is 16.9 Å². The first-order chi connectivity index (χ1) is 19.7. The lowest BCUT2D eigenvalue weighted by Crippen LogP contribution is -2.28. The number of hydrogen-bond donors (Lipinski definition) is 3. The first-order valence-electron chi connectivity index (χ1n) is 13.8. The van der Waals surface area contributed by atoms with Crippen LogP contribution in [0.1, 0.15) is 36.4 Å². The second-order valence-electron chi connectivity index (χ2n) is 11.8. The molecule has 3 N–H and O–H groups in total. The Morgan fingerprint density at radius 2 is 1.98 bits per heavy atom. The van der Waals surface area contributed by atoms with E-state index in [1.54, 1.807) is 37.8 Å². The van der Waals surface area contributed by atoms with Gasteiger partial charge in [0.1, 0.15) is 17.0 Å². The van der Waals surface area contributed by atoms with Gasteiger partial charge in [-0.05, 0) is 47.6 Å². The number of aryl methyl sites for hydroxylation is 1. The van der Waals surface area contributed by atoms with Crippen LogP contribution < -0.4 is 21.8 Å². The molecule has 0 fully saturated rings. The van der Waals surface area contributed by atoms with Crippen molar-refractivity contribution < 1.29 is 5.11 Å². The molecule has 0 aromatic carbocycles. The third-order valence-electron chi connectivity index (χ3n) is 8.20. The molecule has 1 aliphatic carbocycles. The van der Waals surface area contributed by atoms with Crippen molar-refractivity contribution >= 4 is 17.0 Å². The van der Waals surface area contributed by atoms with Crippen LogP contribution in [0.3, 0.4) is 0 Å². The van der Waals surface area contributed by atoms with Crippen LogP contribution in [0.4, 0.5) is 11.5 Å². The van der Waals surface area contributed by atoms with E-state index in [9.17, 15) is 14.7 Å². The van der Waals surface area contributed by atoms with E-state index in [0.29, 0.717) is 39.5 Å². The maximum absolute atomic E-state index is 13.7. The quantitative estimate of drug-likeness (QED) is 0.306. The highest BCUT2D eigenvalue weighted by molar-refractivity contribution is 5.73. The summed E-state index contributed by atoms with van der Waals surface area (Å²) in [6.45, 7) is 6.48. The summed E-state index contributed by atoms with van der Waals surface area (Å²) in [5.74, 6) is 0.954. The van der Waals surface area contributed by atoms with Gasteiger partial charge >= 0.3 is 0 Å². The van der Waals surface area contributed by atoms with Gasteiger partial charge in [0.25, 0.3) is 11.1 Å². The molecule has 0 atom stereocenters. The van der Waals surface area contributed by atoms with Gasteiger partial charge in [0.15, 0.2) is 5.82 Å². The highest BCUT2D eigenvalue weighted by atomic mass is 16.3. The number of nitrogens with one attached hydrogen (secondary N) is 2. The number of aromatic nitrogens is 6. The standard InChI is InChI=1S/C30H32N8O3/c1-30(2)13-18-11-24-29(41)37(9-8-36(24)25(18)14-30)27-22(17-39)21(4-5-32-27)19-10-23(28(40)35(3)16-19)33-26-12-20-15-31-6-7-38(20)34-26/h4-5,8-12,16,31,39H,6-7,13-15,17H2,1-3H3,(H,33,34). The zero-order valence-electron chi connectivity index (χ0n) is 23.3. The van der Waals surface area contributed by atoms with E-state index < -0.39 is 0 Å². The topological polar surface area (TPSA) is 123 Å². The van der Waals surface area contributed by atoms with Crippen LogP contribution in [-0.4, -0.2) is 40.0 Å². The monoisotopic (exact) mass is 552 g/mol. The molecule has 210 valence electrons. The number of aliphatic hydroxyl groups is 1. The molecule has 0 saturated heterocycles. The maximum atomic E-state index is 13.7. The number of rotatable bonds is 5. The highest BCUT2D eigenvalue weighted by Gasteiger charge is 2.32. The van der Waals surface area contributed by atoms with Gasteiger partial charge in [-0.15, -0.1) is 0 Å². The third kappa shape index (κ3) is 4.20. The van der Waals surface area contributed by atoms with Crippen LogP contribution in [0.15, 0.2) is 58.6 Å². The van der Waals surface area contributed by atoms with E-state index in [2.05, 4.69) is 34.6 Å².